The predicted octanol–water partition coefficient (Wildman–Crippen LogP) is 1.25. The lowest BCUT2D eigenvalue weighted by Gasteiger charge is -2.12. The molecule has 1 aliphatic rings. The van der Waals surface area contributed by atoms with Crippen molar-refractivity contribution in [3.63, 3.8) is 0 Å². The lowest BCUT2D eigenvalue weighted by molar-refractivity contribution is -0.121. The van der Waals surface area contributed by atoms with Crippen molar-refractivity contribution in [1.82, 2.24) is 15.6 Å². The van der Waals surface area contributed by atoms with Gasteiger partial charge in [0.25, 0.3) is 5.91 Å². The molecule has 8 nitrogen and oxygen atoms in total. The lowest BCUT2D eigenvalue weighted by atomic mass is 10.1. The summed E-state index contributed by atoms with van der Waals surface area (Å²) in [4.78, 5) is 23.0. The van der Waals surface area contributed by atoms with E-state index in [0.29, 0.717) is 29.6 Å². The summed E-state index contributed by atoms with van der Waals surface area (Å²) in [5.74, 6) is 0.400. The van der Waals surface area contributed by atoms with Crippen LogP contribution in [0, 0.1) is 6.92 Å². The SMILES string of the molecule is Cc1nnc(-c2ccc(NC(=O)C3=NNC(=O)CC3)cc2)o1. The topological polar surface area (TPSA) is 109 Å². The summed E-state index contributed by atoms with van der Waals surface area (Å²) >= 11 is 0. The van der Waals surface area contributed by atoms with E-state index < -0.39 is 0 Å². The van der Waals surface area contributed by atoms with Gasteiger partial charge in [0.2, 0.25) is 17.7 Å². The third-order valence-corrected chi connectivity index (χ3v) is 3.08. The monoisotopic (exact) mass is 299 g/mol. The smallest absolute Gasteiger partial charge is 0.271 e. The van der Waals surface area contributed by atoms with E-state index in [9.17, 15) is 9.59 Å². The van der Waals surface area contributed by atoms with Gasteiger partial charge in [-0.1, -0.05) is 0 Å². The Morgan fingerprint density at radius 3 is 2.59 bits per heavy atom. The number of rotatable bonds is 3. The van der Waals surface area contributed by atoms with E-state index in [1.165, 1.54) is 0 Å². The van der Waals surface area contributed by atoms with Crippen LogP contribution in [0.5, 0.6) is 0 Å². The highest BCUT2D eigenvalue weighted by Crippen LogP contribution is 2.20. The zero-order valence-corrected chi connectivity index (χ0v) is 11.8. The molecule has 8 heteroatoms. The fourth-order valence-electron chi connectivity index (χ4n) is 1.95. The molecular weight excluding hydrogens is 286 g/mol. The summed E-state index contributed by atoms with van der Waals surface area (Å²) in [6, 6.07) is 7.00. The molecule has 0 bridgehead atoms. The molecule has 2 amide bonds. The summed E-state index contributed by atoms with van der Waals surface area (Å²) in [6.45, 7) is 1.72. The molecule has 22 heavy (non-hydrogen) atoms. The number of aryl methyl sites for hydroxylation is 1. The first kappa shape index (κ1) is 13.9. The van der Waals surface area contributed by atoms with E-state index >= 15 is 0 Å². The van der Waals surface area contributed by atoms with Crippen LogP contribution in [0.1, 0.15) is 18.7 Å². The maximum atomic E-state index is 12.0. The molecule has 0 fully saturated rings. The molecule has 0 saturated heterocycles. The van der Waals surface area contributed by atoms with Crippen molar-refractivity contribution in [2.75, 3.05) is 5.32 Å². The van der Waals surface area contributed by atoms with E-state index in [4.69, 9.17) is 4.42 Å². The minimum Gasteiger partial charge on any atom is -0.421 e. The largest absolute Gasteiger partial charge is 0.421 e. The molecule has 3 rings (SSSR count). The summed E-state index contributed by atoms with van der Waals surface area (Å²) in [5, 5.41) is 14.2. The number of hydrogen-bond donors (Lipinski definition) is 2. The number of carbonyl (C=O) groups excluding carboxylic acids is 2. The molecule has 1 aromatic carbocycles. The summed E-state index contributed by atoms with van der Waals surface area (Å²) in [5.41, 5.74) is 3.97. The molecule has 2 aromatic rings. The Bertz CT molecular complexity index is 748. The van der Waals surface area contributed by atoms with Crippen molar-refractivity contribution in [3.8, 4) is 11.5 Å². The van der Waals surface area contributed by atoms with E-state index in [-0.39, 0.29) is 18.2 Å². The molecule has 2 N–H and O–H groups in total. The number of nitrogens with zero attached hydrogens (tertiary/aromatic N) is 3. The molecular formula is C14H13N5O3. The molecule has 0 unspecified atom stereocenters. The summed E-state index contributed by atoms with van der Waals surface area (Å²) in [6.07, 6.45) is 0.596. The maximum Gasteiger partial charge on any atom is 0.271 e. The van der Waals surface area contributed by atoms with E-state index in [1.807, 2.05) is 0 Å². The normalized spacial score (nSPS) is 14.2. The van der Waals surface area contributed by atoms with E-state index in [1.54, 1.807) is 31.2 Å². The van der Waals surface area contributed by atoms with Crippen molar-refractivity contribution in [2.24, 2.45) is 5.10 Å². The number of nitrogens with one attached hydrogen (secondary N) is 2. The van der Waals surface area contributed by atoms with Gasteiger partial charge in [-0.25, -0.2) is 5.43 Å². The van der Waals surface area contributed by atoms with Crippen molar-refractivity contribution in [1.29, 1.82) is 0 Å². The molecule has 0 spiro atoms. The summed E-state index contributed by atoms with van der Waals surface area (Å²) < 4.78 is 5.33. The highest BCUT2D eigenvalue weighted by molar-refractivity contribution is 6.43. The lowest BCUT2D eigenvalue weighted by Crippen LogP contribution is -2.32. The van der Waals surface area contributed by atoms with Crippen LogP contribution in [0.3, 0.4) is 0 Å². The Morgan fingerprint density at radius 2 is 2.00 bits per heavy atom. The van der Waals surface area contributed by atoms with Crippen LogP contribution in [-0.4, -0.2) is 27.7 Å². The van der Waals surface area contributed by atoms with Crippen LogP contribution in [0.25, 0.3) is 11.5 Å². The second-order valence-electron chi connectivity index (χ2n) is 4.75. The Hall–Kier alpha value is -3.03. The van der Waals surface area contributed by atoms with Crippen molar-refractivity contribution in [2.45, 2.75) is 19.8 Å². The van der Waals surface area contributed by atoms with E-state index in [2.05, 4.69) is 26.0 Å². The minimum absolute atomic E-state index is 0.184. The molecule has 0 radical (unpaired) electrons. The number of amides is 2. The maximum absolute atomic E-state index is 12.0. The van der Waals surface area contributed by atoms with Crippen LogP contribution < -0.4 is 10.7 Å². The van der Waals surface area contributed by atoms with Gasteiger partial charge in [-0.3, -0.25) is 9.59 Å². The van der Waals surface area contributed by atoms with Gasteiger partial charge in [-0.05, 0) is 24.3 Å². The molecule has 0 saturated carbocycles. The number of hydrazone groups is 1. The van der Waals surface area contributed by atoms with Gasteiger partial charge < -0.3 is 9.73 Å². The molecule has 2 heterocycles. The van der Waals surface area contributed by atoms with Gasteiger partial charge in [-0.15, -0.1) is 10.2 Å². The van der Waals surface area contributed by atoms with Gasteiger partial charge >= 0.3 is 0 Å². The molecule has 0 aliphatic carbocycles. The predicted molar refractivity (Wildman–Crippen MR) is 77.9 cm³/mol. The molecule has 0 atom stereocenters. The fraction of sp³-hybridized carbons (Fsp3) is 0.214. The zero-order chi connectivity index (χ0) is 15.5. The quantitative estimate of drug-likeness (QED) is 0.886. The number of aromatic nitrogens is 2. The Labute approximate surface area is 125 Å². The van der Waals surface area contributed by atoms with Crippen LogP contribution in [-0.2, 0) is 9.59 Å². The standard InChI is InChI=1S/C14H13N5O3/c1-8-16-19-14(22-8)9-2-4-10(5-3-9)15-13(21)11-6-7-12(20)18-17-11/h2-5H,6-7H2,1H3,(H,15,21)(H,18,20). The van der Waals surface area contributed by atoms with Crippen LogP contribution >= 0.6 is 0 Å². The number of hydrogen-bond acceptors (Lipinski definition) is 6. The first-order valence-electron chi connectivity index (χ1n) is 6.69. The Morgan fingerprint density at radius 1 is 1.23 bits per heavy atom. The average molecular weight is 299 g/mol. The van der Waals surface area contributed by atoms with Gasteiger partial charge in [0, 0.05) is 31.0 Å². The highest BCUT2D eigenvalue weighted by Gasteiger charge is 2.18. The number of benzene rings is 1. The second-order valence-corrected chi connectivity index (χ2v) is 4.75. The number of carbonyl (C=O) groups is 2. The van der Waals surface area contributed by atoms with Crippen LogP contribution in [0.2, 0.25) is 0 Å². The Kier molecular flexibility index (Phi) is 3.65. The van der Waals surface area contributed by atoms with Gasteiger partial charge in [0.1, 0.15) is 5.71 Å². The van der Waals surface area contributed by atoms with E-state index in [0.717, 1.165) is 5.56 Å². The first-order chi connectivity index (χ1) is 10.6. The minimum atomic E-state index is -0.332. The first-order valence-corrected chi connectivity index (χ1v) is 6.69. The third kappa shape index (κ3) is 3.00. The molecule has 112 valence electrons. The van der Waals surface area contributed by atoms with Gasteiger partial charge in [0.05, 0.1) is 0 Å². The average Bonchev–Trinajstić information content (AvgIpc) is 2.95. The molecule has 1 aliphatic heterocycles. The van der Waals surface area contributed by atoms with Crippen LogP contribution in [0.15, 0.2) is 33.8 Å². The van der Waals surface area contributed by atoms with Crippen molar-refractivity contribution in [3.05, 3.63) is 30.2 Å². The number of anilines is 1. The fourth-order valence-corrected chi connectivity index (χ4v) is 1.95. The van der Waals surface area contributed by atoms with Gasteiger partial charge in [0.15, 0.2) is 0 Å². The van der Waals surface area contributed by atoms with Crippen molar-refractivity contribution < 1.29 is 14.0 Å². The Balaban J connectivity index is 1.68. The molecule has 1 aromatic heterocycles. The van der Waals surface area contributed by atoms with Gasteiger partial charge in [-0.2, -0.15) is 5.10 Å². The van der Waals surface area contributed by atoms with Crippen molar-refractivity contribution >= 4 is 23.2 Å². The highest BCUT2D eigenvalue weighted by atomic mass is 16.4. The third-order valence-electron chi connectivity index (χ3n) is 3.08. The summed E-state index contributed by atoms with van der Waals surface area (Å²) in [7, 11) is 0. The zero-order valence-electron chi connectivity index (χ0n) is 11.8. The van der Waals surface area contributed by atoms with Crippen LogP contribution in [0.4, 0.5) is 5.69 Å². The second kappa shape index (κ2) is 5.76.